The number of amidine groups is 1. The van der Waals surface area contributed by atoms with Gasteiger partial charge in [0, 0.05) is 19.3 Å². The first kappa shape index (κ1) is 15.2. The number of hydrogen-bond acceptors (Lipinski definition) is 4. The minimum absolute atomic E-state index is 0.0411. The summed E-state index contributed by atoms with van der Waals surface area (Å²) >= 11 is 1.73. The van der Waals surface area contributed by atoms with E-state index in [4.69, 9.17) is 0 Å². The number of benzene rings is 1. The van der Waals surface area contributed by atoms with Crippen molar-refractivity contribution in [2.24, 2.45) is 4.99 Å². The molecule has 0 saturated carbocycles. The maximum absolute atomic E-state index is 13.6. The molecule has 2 aliphatic heterocycles. The van der Waals surface area contributed by atoms with Crippen LogP contribution in [0, 0.1) is 5.82 Å². The van der Waals surface area contributed by atoms with Gasteiger partial charge in [-0.2, -0.15) is 0 Å². The molecule has 1 aromatic rings. The largest absolute Gasteiger partial charge is 0.377 e. The SMILES string of the molecule is CN1C=CC(CC(NC2=NCCS2)c2cccc(F)c2)=CC1. The van der Waals surface area contributed by atoms with Crippen molar-refractivity contribution < 1.29 is 4.39 Å². The maximum atomic E-state index is 13.6. The maximum Gasteiger partial charge on any atom is 0.157 e. The zero-order valence-corrected chi connectivity index (χ0v) is 13.4. The molecule has 22 heavy (non-hydrogen) atoms. The van der Waals surface area contributed by atoms with Gasteiger partial charge in [0.1, 0.15) is 5.82 Å². The molecule has 0 bridgehead atoms. The van der Waals surface area contributed by atoms with E-state index in [1.54, 1.807) is 23.9 Å². The Hall–Kier alpha value is -1.75. The quantitative estimate of drug-likeness (QED) is 0.923. The summed E-state index contributed by atoms with van der Waals surface area (Å²) in [6, 6.07) is 6.87. The van der Waals surface area contributed by atoms with E-state index in [1.807, 2.05) is 6.07 Å². The van der Waals surface area contributed by atoms with Crippen molar-refractivity contribution in [1.82, 2.24) is 10.2 Å². The zero-order chi connectivity index (χ0) is 15.4. The Morgan fingerprint density at radius 1 is 1.45 bits per heavy atom. The molecule has 3 rings (SSSR count). The van der Waals surface area contributed by atoms with Gasteiger partial charge in [-0.05, 0) is 42.0 Å². The van der Waals surface area contributed by atoms with E-state index in [1.165, 1.54) is 11.6 Å². The molecule has 2 heterocycles. The highest BCUT2D eigenvalue weighted by atomic mass is 32.2. The van der Waals surface area contributed by atoms with Crippen LogP contribution in [0.4, 0.5) is 4.39 Å². The minimum Gasteiger partial charge on any atom is -0.377 e. The molecule has 0 saturated heterocycles. The number of thioether (sulfide) groups is 1. The molecule has 3 nitrogen and oxygen atoms in total. The Kier molecular flexibility index (Phi) is 4.83. The standard InChI is InChI=1S/C17H20FN3S/c1-21-8-5-13(6-9-21)11-16(20-17-19-7-10-22-17)14-3-2-4-15(18)12-14/h2-6,8,12,16H,7,9-11H2,1H3,(H,19,20). The van der Waals surface area contributed by atoms with Crippen LogP contribution in [0.3, 0.4) is 0 Å². The Morgan fingerprint density at radius 3 is 3.05 bits per heavy atom. The van der Waals surface area contributed by atoms with Crippen molar-refractivity contribution in [1.29, 1.82) is 0 Å². The third kappa shape index (κ3) is 3.91. The van der Waals surface area contributed by atoms with E-state index in [9.17, 15) is 4.39 Å². The normalized spacial score (nSPS) is 18.9. The average Bonchev–Trinajstić information content (AvgIpc) is 3.02. The molecular weight excluding hydrogens is 297 g/mol. The lowest BCUT2D eigenvalue weighted by atomic mass is 9.97. The van der Waals surface area contributed by atoms with E-state index >= 15 is 0 Å². The van der Waals surface area contributed by atoms with Crippen LogP contribution in [-0.4, -0.2) is 36.0 Å². The van der Waals surface area contributed by atoms with Crippen molar-refractivity contribution in [3.05, 3.63) is 59.6 Å². The fraction of sp³-hybridized carbons (Fsp3) is 0.353. The second-order valence-electron chi connectivity index (χ2n) is 5.53. The van der Waals surface area contributed by atoms with Gasteiger partial charge in [-0.1, -0.05) is 30.0 Å². The number of allylic oxidation sites excluding steroid dienone is 1. The third-order valence-corrected chi connectivity index (χ3v) is 4.67. The van der Waals surface area contributed by atoms with Gasteiger partial charge in [0.15, 0.2) is 5.17 Å². The Labute approximate surface area is 135 Å². The summed E-state index contributed by atoms with van der Waals surface area (Å²) in [7, 11) is 2.05. The van der Waals surface area contributed by atoms with Gasteiger partial charge in [-0.15, -0.1) is 0 Å². The number of hydrogen-bond donors (Lipinski definition) is 1. The molecular formula is C17H20FN3S. The number of likely N-dealkylation sites (N-methyl/N-ethyl adjacent to an activating group) is 1. The first-order valence-corrected chi connectivity index (χ1v) is 8.46. The van der Waals surface area contributed by atoms with Crippen LogP contribution in [0.15, 0.2) is 53.2 Å². The lowest BCUT2D eigenvalue weighted by molar-refractivity contribution is 0.498. The van der Waals surface area contributed by atoms with Crippen LogP contribution >= 0.6 is 11.8 Å². The molecule has 1 N–H and O–H groups in total. The fourth-order valence-electron chi connectivity index (χ4n) is 2.55. The van der Waals surface area contributed by atoms with Crippen molar-refractivity contribution in [2.75, 3.05) is 25.9 Å². The third-order valence-electron chi connectivity index (χ3n) is 3.76. The molecule has 5 heteroatoms. The molecule has 0 amide bonds. The van der Waals surface area contributed by atoms with E-state index in [0.29, 0.717) is 0 Å². The highest BCUT2D eigenvalue weighted by Crippen LogP contribution is 2.25. The van der Waals surface area contributed by atoms with Gasteiger partial charge >= 0.3 is 0 Å². The van der Waals surface area contributed by atoms with Crippen LogP contribution in [0.1, 0.15) is 18.0 Å². The highest BCUT2D eigenvalue weighted by molar-refractivity contribution is 8.14. The number of nitrogens with zero attached hydrogens (tertiary/aromatic N) is 2. The molecule has 1 atom stereocenters. The van der Waals surface area contributed by atoms with E-state index in [0.717, 1.165) is 36.0 Å². The first-order chi connectivity index (χ1) is 10.7. The molecule has 0 fully saturated rings. The second-order valence-corrected chi connectivity index (χ2v) is 6.61. The molecule has 0 spiro atoms. The summed E-state index contributed by atoms with van der Waals surface area (Å²) < 4.78 is 13.6. The molecule has 1 unspecified atom stereocenters. The lowest BCUT2D eigenvalue weighted by Gasteiger charge is -2.23. The monoisotopic (exact) mass is 317 g/mol. The first-order valence-electron chi connectivity index (χ1n) is 7.47. The van der Waals surface area contributed by atoms with Crippen LogP contribution < -0.4 is 5.32 Å². The number of nitrogens with one attached hydrogen (secondary N) is 1. The van der Waals surface area contributed by atoms with Crippen molar-refractivity contribution in [2.45, 2.75) is 12.5 Å². The van der Waals surface area contributed by atoms with Crippen LogP contribution in [-0.2, 0) is 0 Å². The Morgan fingerprint density at radius 2 is 2.36 bits per heavy atom. The van der Waals surface area contributed by atoms with Gasteiger partial charge in [0.2, 0.25) is 0 Å². The summed E-state index contributed by atoms with van der Waals surface area (Å²) in [6.07, 6.45) is 7.26. The zero-order valence-electron chi connectivity index (χ0n) is 12.6. The molecule has 1 aromatic carbocycles. The highest BCUT2D eigenvalue weighted by Gasteiger charge is 2.18. The van der Waals surface area contributed by atoms with E-state index in [-0.39, 0.29) is 11.9 Å². The van der Waals surface area contributed by atoms with Gasteiger partial charge in [-0.3, -0.25) is 4.99 Å². The molecule has 116 valence electrons. The number of halogens is 1. The summed E-state index contributed by atoms with van der Waals surface area (Å²) in [5.41, 5.74) is 2.23. The number of aliphatic imine (C=N–C) groups is 1. The van der Waals surface area contributed by atoms with Gasteiger partial charge in [-0.25, -0.2) is 4.39 Å². The van der Waals surface area contributed by atoms with Crippen molar-refractivity contribution >= 4 is 16.9 Å². The molecule has 0 radical (unpaired) electrons. The van der Waals surface area contributed by atoms with Crippen LogP contribution in [0.2, 0.25) is 0 Å². The predicted molar refractivity (Wildman–Crippen MR) is 91.5 cm³/mol. The van der Waals surface area contributed by atoms with E-state index < -0.39 is 0 Å². The molecule has 0 aliphatic carbocycles. The minimum atomic E-state index is -0.196. The van der Waals surface area contributed by atoms with Crippen molar-refractivity contribution in [3.8, 4) is 0 Å². The Balaban J connectivity index is 1.78. The summed E-state index contributed by atoms with van der Waals surface area (Å²) in [5.74, 6) is 0.823. The van der Waals surface area contributed by atoms with Gasteiger partial charge < -0.3 is 10.2 Å². The average molecular weight is 317 g/mol. The lowest BCUT2D eigenvalue weighted by Crippen LogP contribution is -2.26. The van der Waals surface area contributed by atoms with Crippen molar-refractivity contribution in [3.63, 3.8) is 0 Å². The van der Waals surface area contributed by atoms with E-state index in [2.05, 4.69) is 40.6 Å². The Bertz CT molecular complexity index is 624. The van der Waals surface area contributed by atoms with Gasteiger partial charge in [0.25, 0.3) is 0 Å². The number of rotatable bonds is 4. The molecule has 2 aliphatic rings. The van der Waals surface area contributed by atoms with Gasteiger partial charge in [0.05, 0.1) is 12.6 Å². The summed E-state index contributed by atoms with van der Waals surface area (Å²) in [4.78, 5) is 6.59. The predicted octanol–water partition coefficient (Wildman–Crippen LogP) is 3.33. The fourth-order valence-corrected chi connectivity index (χ4v) is 3.33. The van der Waals surface area contributed by atoms with Crippen LogP contribution in [0.5, 0.6) is 0 Å². The summed E-state index contributed by atoms with van der Waals surface area (Å²) in [5, 5.41) is 4.44. The second kappa shape index (κ2) is 7.01. The molecule has 0 aromatic heterocycles. The van der Waals surface area contributed by atoms with Crippen LogP contribution in [0.25, 0.3) is 0 Å². The smallest absolute Gasteiger partial charge is 0.157 e. The topological polar surface area (TPSA) is 27.6 Å². The summed E-state index contributed by atoms with van der Waals surface area (Å²) in [6.45, 7) is 1.77.